The van der Waals surface area contributed by atoms with E-state index in [0.717, 1.165) is 23.1 Å². The molecule has 0 N–H and O–H groups in total. The summed E-state index contributed by atoms with van der Waals surface area (Å²) in [5.41, 5.74) is 1.07. The number of benzene rings is 1. The molecule has 0 aliphatic heterocycles. The molecule has 128 valence electrons. The monoisotopic (exact) mass is 326 g/mol. The van der Waals surface area contributed by atoms with Crippen molar-refractivity contribution in [1.29, 1.82) is 0 Å². The molecule has 4 bridgehead atoms. The van der Waals surface area contributed by atoms with Crippen LogP contribution in [-0.4, -0.2) is 19.2 Å². The molecule has 0 spiro atoms. The highest BCUT2D eigenvalue weighted by Crippen LogP contribution is 2.54. The zero-order chi connectivity index (χ0) is 16.5. The summed E-state index contributed by atoms with van der Waals surface area (Å²) in [6.45, 7) is 0. The molecule has 0 unspecified atom stereocenters. The van der Waals surface area contributed by atoms with Crippen molar-refractivity contribution in [3.8, 4) is 5.75 Å². The van der Waals surface area contributed by atoms with Gasteiger partial charge in [0.25, 0.3) is 0 Å². The molecule has 1 aromatic carbocycles. The summed E-state index contributed by atoms with van der Waals surface area (Å²) in [7, 11) is 1.66. The van der Waals surface area contributed by atoms with Crippen LogP contribution in [0.3, 0.4) is 0 Å². The van der Waals surface area contributed by atoms with E-state index in [0.29, 0.717) is 18.3 Å². The highest BCUT2D eigenvalue weighted by molar-refractivity contribution is 5.73. The second-order valence-electron chi connectivity index (χ2n) is 7.76. The first kappa shape index (κ1) is 15.7. The summed E-state index contributed by atoms with van der Waals surface area (Å²) in [5, 5.41) is 0. The molecule has 4 aliphatic carbocycles. The van der Waals surface area contributed by atoms with Crippen molar-refractivity contribution in [3.63, 3.8) is 0 Å². The molecule has 0 heterocycles. The molecule has 3 heteroatoms. The average molecular weight is 326 g/mol. The van der Waals surface area contributed by atoms with Crippen molar-refractivity contribution in [2.75, 3.05) is 7.11 Å². The second kappa shape index (κ2) is 6.62. The third-order valence-electron chi connectivity index (χ3n) is 6.12. The van der Waals surface area contributed by atoms with E-state index in [4.69, 9.17) is 9.47 Å². The fourth-order valence-corrected chi connectivity index (χ4v) is 5.27. The van der Waals surface area contributed by atoms with Gasteiger partial charge >= 0.3 is 5.97 Å². The minimum Gasteiger partial charge on any atom is -0.497 e. The normalized spacial score (nSPS) is 33.8. The van der Waals surface area contributed by atoms with Gasteiger partial charge in [-0.05, 0) is 73.5 Å². The zero-order valence-electron chi connectivity index (χ0n) is 14.3. The first-order valence-electron chi connectivity index (χ1n) is 9.21. The highest BCUT2D eigenvalue weighted by atomic mass is 16.5. The molecule has 0 aromatic heterocycles. The van der Waals surface area contributed by atoms with Gasteiger partial charge in [0.15, 0.2) is 0 Å². The van der Waals surface area contributed by atoms with Crippen molar-refractivity contribution in [1.82, 2.24) is 0 Å². The summed E-state index contributed by atoms with van der Waals surface area (Å²) in [6.07, 6.45) is 11.0. The smallest absolute Gasteiger partial charge is 0.309 e. The number of rotatable bonds is 5. The van der Waals surface area contributed by atoms with Gasteiger partial charge in [0.05, 0.1) is 13.5 Å². The molecular formula is C21H26O3. The molecule has 4 aliphatic rings. The molecule has 4 fully saturated rings. The lowest BCUT2D eigenvalue weighted by Crippen LogP contribution is -2.50. The van der Waals surface area contributed by atoms with Crippen LogP contribution in [-0.2, 0) is 9.53 Å². The summed E-state index contributed by atoms with van der Waals surface area (Å²) in [6, 6.07) is 7.82. The van der Waals surface area contributed by atoms with E-state index in [2.05, 4.69) is 0 Å². The van der Waals surface area contributed by atoms with Gasteiger partial charge in [-0.15, -0.1) is 0 Å². The minimum absolute atomic E-state index is 0.0720. The van der Waals surface area contributed by atoms with Crippen LogP contribution in [0.25, 0.3) is 6.08 Å². The molecule has 4 saturated carbocycles. The van der Waals surface area contributed by atoms with E-state index < -0.39 is 0 Å². The van der Waals surface area contributed by atoms with Crippen molar-refractivity contribution in [2.24, 2.45) is 23.7 Å². The van der Waals surface area contributed by atoms with Crippen LogP contribution in [0.1, 0.15) is 44.1 Å². The van der Waals surface area contributed by atoms with E-state index in [1.165, 1.54) is 32.1 Å². The summed E-state index contributed by atoms with van der Waals surface area (Å²) < 4.78 is 11.0. The number of carbonyl (C=O) groups is 1. The highest BCUT2D eigenvalue weighted by Gasteiger charge is 2.49. The van der Waals surface area contributed by atoms with Crippen LogP contribution in [0.15, 0.2) is 30.3 Å². The Morgan fingerprint density at radius 3 is 2.25 bits per heavy atom. The SMILES string of the molecule is COc1ccc(C=CCC(=O)OC2C3CC4CC(C3)CC2C4)cc1. The van der Waals surface area contributed by atoms with Gasteiger partial charge in [0, 0.05) is 0 Å². The molecule has 3 nitrogen and oxygen atoms in total. The Bertz CT molecular complexity index is 588. The van der Waals surface area contributed by atoms with E-state index in [9.17, 15) is 4.79 Å². The number of hydrogen-bond donors (Lipinski definition) is 0. The Labute approximate surface area is 144 Å². The second-order valence-corrected chi connectivity index (χ2v) is 7.76. The Kier molecular flexibility index (Phi) is 4.34. The van der Waals surface area contributed by atoms with Gasteiger partial charge in [-0.1, -0.05) is 24.3 Å². The van der Waals surface area contributed by atoms with E-state index >= 15 is 0 Å². The predicted octanol–water partition coefficient (Wildman–Crippen LogP) is 4.47. The Hall–Kier alpha value is -1.77. The Morgan fingerprint density at radius 2 is 1.67 bits per heavy atom. The fourth-order valence-electron chi connectivity index (χ4n) is 5.27. The van der Waals surface area contributed by atoms with E-state index in [1.807, 2.05) is 36.4 Å². The number of methoxy groups -OCH3 is 1. The number of esters is 1. The average Bonchev–Trinajstić information content (AvgIpc) is 2.58. The molecule has 1 aromatic rings. The summed E-state index contributed by atoms with van der Waals surface area (Å²) in [5.74, 6) is 3.87. The Balaban J connectivity index is 1.29. The van der Waals surface area contributed by atoms with Crippen LogP contribution in [0.5, 0.6) is 5.75 Å². The summed E-state index contributed by atoms with van der Waals surface area (Å²) in [4.78, 5) is 12.2. The van der Waals surface area contributed by atoms with Gasteiger partial charge in [-0.3, -0.25) is 4.79 Å². The fraction of sp³-hybridized carbons (Fsp3) is 0.571. The van der Waals surface area contributed by atoms with Crippen molar-refractivity contribution in [3.05, 3.63) is 35.9 Å². The molecule has 0 atom stereocenters. The van der Waals surface area contributed by atoms with Crippen molar-refractivity contribution >= 4 is 12.0 Å². The topological polar surface area (TPSA) is 35.5 Å². The van der Waals surface area contributed by atoms with Crippen LogP contribution >= 0.6 is 0 Å². The molecule has 24 heavy (non-hydrogen) atoms. The van der Waals surface area contributed by atoms with Crippen LogP contribution < -0.4 is 4.74 Å². The Morgan fingerprint density at radius 1 is 1.04 bits per heavy atom. The van der Waals surface area contributed by atoms with E-state index in [-0.39, 0.29) is 12.1 Å². The molecule has 0 radical (unpaired) electrons. The van der Waals surface area contributed by atoms with Crippen LogP contribution in [0.2, 0.25) is 0 Å². The maximum atomic E-state index is 12.2. The third-order valence-corrected chi connectivity index (χ3v) is 6.12. The molecule has 5 rings (SSSR count). The first-order chi connectivity index (χ1) is 11.7. The first-order valence-corrected chi connectivity index (χ1v) is 9.21. The maximum Gasteiger partial charge on any atom is 0.309 e. The lowest BCUT2D eigenvalue weighted by Gasteiger charge is -2.53. The largest absolute Gasteiger partial charge is 0.497 e. The quantitative estimate of drug-likeness (QED) is 0.749. The number of ether oxygens (including phenoxy) is 2. The standard InChI is InChI=1S/C21H26O3/c1-23-19-7-5-14(6-8-19)3-2-4-20(22)24-21-17-10-15-9-16(12-17)13-18(21)11-15/h2-3,5-8,15-18,21H,4,9-13H2,1H3. The zero-order valence-corrected chi connectivity index (χ0v) is 14.3. The maximum absolute atomic E-state index is 12.2. The summed E-state index contributed by atoms with van der Waals surface area (Å²) >= 11 is 0. The van der Waals surface area contributed by atoms with Gasteiger partial charge in [0.1, 0.15) is 11.9 Å². The van der Waals surface area contributed by atoms with E-state index in [1.54, 1.807) is 7.11 Å². The van der Waals surface area contributed by atoms with Crippen LogP contribution in [0, 0.1) is 23.7 Å². The van der Waals surface area contributed by atoms with Gasteiger partial charge in [-0.25, -0.2) is 0 Å². The van der Waals surface area contributed by atoms with Gasteiger partial charge < -0.3 is 9.47 Å². The van der Waals surface area contributed by atoms with Gasteiger partial charge in [0.2, 0.25) is 0 Å². The number of carbonyl (C=O) groups excluding carboxylic acids is 1. The third kappa shape index (κ3) is 3.22. The lowest BCUT2D eigenvalue weighted by molar-refractivity contribution is -0.169. The molecule has 0 saturated heterocycles. The van der Waals surface area contributed by atoms with Crippen LogP contribution in [0.4, 0.5) is 0 Å². The predicted molar refractivity (Wildman–Crippen MR) is 93.6 cm³/mol. The van der Waals surface area contributed by atoms with Crippen molar-refractivity contribution < 1.29 is 14.3 Å². The van der Waals surface area contributed by atoms with Gasteiger partial charge in [-0.2, -0.15) is 0 Å². The van der Waals surface area contributed by atoms with Crippen molar-refractivity contribution in [2.45, 2.75) is 44.6 Å². The molecular weight excluding hydrogens is 300 g/mol. The number of hydrogen-bond acceptors (Lipinski definition) is 3. The lowest BCUT2D eigenvalue weighted by atomic mass is 9.55. The minimum atomic E-state index is -0.0720. The molecule has 0 amide bonds.